The average Bonchev–Trinajstić information content (AvgIpc) is 2.77. The van der Waals surface area contributed by atoms with Gasteiger partial charge in [0.15, 0.2) is 0 Å². The Morgan fingerprint density at radius 1 is 1.10 bits per heavy atom. The van der Waals surface area contributed by atoms with Crippen molar-refractivity contribution in [1.82, 2.24) is 14.5 Å². The molecule has 1 amide bonds. The zero-order valence-electron chi connectivity index (χ0n) is 18.0. The highest BCUT2D eigenvalue weighted by atomic mass is 16.2. The van der Waals surface area contributed by atoms with E-state index < -0.39 is 11.1 Å². The molecule has 1 aliphatic rings. The highest BCUT2D eigenvalue weighted by Crippen LogP contribution is 2.19. The molecule has 7 nitrogen and oxygen atoms in total. The van der Waals surface area contributed by atoms with Gasteiger partial charge in [0.25, 0.3) is 5.91 Å². The van der Waals surface area contributed by atoms with E-state index in [1.54, 1.807) is 25.1 Å². The summed E-state index contributed by atoms with van der Waals surface area (Å²) in [5, 5.41) is 2.90. The molecule has 0 unspecified atom stereocenters. The Kier molecular flexibility index (Phi) is 6.04. The molecule has 31 heavy (non-hydrogen) atoms. The number of amides is 1. The molecule has 0 saturated carbocycles. The first kappa shape index (κ1) is 21.1. The third-order valence-electron chi connectivity index (χ3n) is 6.05. The molecule has 1 fully saturated rings. The molecule has 0 aliphatic carbocycles. The van der Waals surface area contributed by atoms with Crippen molar-refractivity contribution in [1.29, 1.82) is 0 Å². The Labute approximate surface area is 180 Å². The van der Waals surface area contributed by atoms with Crippen molar-refractivity contribution in [3.8, 4) is 0 Å². The van der Waals surface area contributed by atoms with Crippen LogP contribution in [0.2, 0.25) is 0 Å². The van der Waals surface area contributed by atoms with Gasteiger partial charge < -0.3 is 14.9 Å². The fourth-order valence-electron chi connectivity index (χ4n) is 4.11. The Bertz CT molecular complexity index is 1200. The zero-order chi connectivity index (χ0) is 22.0. The van der Waals surface area contributed by atoms with Gasteiger partial charge in [-0.25, -0.2) is 0 Å². The molecule has 0 atom stereocenters. The van der Waals surface area contributed by atoms with Crippen molar-refractivity contribution in [3.63, 3.8) is 0 Å². The SMILES string of the molecule is CCn1c(=O)c(=O)[nH]c2cc(C(=O)Nc3ccc(CN4CCC(C)CC4)cc3)ccc21. The maximum absolute atomic E-state index is 12.7. The maximum atomic E-state index is 12.7. The number of nitrogens with one attached hydrogen (secondary N) is 2. The van der Waals surface area contributed by atoms with Crippen molar-refractivity contribution in [3.05, 3.63) is 74.3 Å². The number of likely N-dealkylation sites (tertiary alicyclic amines) is 1. The average molecular weight is 421 g/mol. The molecule has 2 heterocycles. The molecule has 7 heteroatoms. The zero-order valence-corrected chi connectivity index (χ0v) is 18.0. The summed E-state index contributed by atoms with van der Waals surface area (Å²) in [6, 6.07) is 12.9. The van der Waals surface area contributed by atoms with Crippen LogP contribution in [0.1, 0.15) is 42.6 Å². The van der Waals surface area contributed by atoms with Crippen LogP contribution in [-0.2, 0) is 13.1 Å². The molecule has 4 rings (SSSR count). The summed E-state index contributed by atoms with van der Waals surface area (Å²) in [7, 11) is 0. The summed E-state index contributed by atoms with van der Waals surface area (Å²) >= 11 is 0. The molecular weight excluding hydrogens is 392 g/mol. The van der Waals surface area contributed by atoms with Gasteiger partial charge in [0.1, 0.15) is 0 Å². The van der Waals surface area contributed by atoms with Crippen LogP contribution in [-0.4, -0.2) is 33.4 Å². The normalized spacial score (nSPS) is 15.3. The van der Waals surface area contributed by atoms with Crippen LogP contribution in [0.25, 0.3) is 11.0 Å². The highest BCUT2D eigenvalue weighted by Gasteiger charge is 2.16. The number of carbonyl (C=O) groups is 1. The van der Waals surface area contributed by atoms with Crippen molar-refractivity contribution in [2.24, 2.45) is 5.92 Å². The van der Waals surface area contributed by atoms with E-state index in [-0.39, 0.29) is 5.91 Å². The Morgan fingerprint density at radius 3 is 2.48 bits per heavy atom. The van der Waals surface area contributed by atoms with Gasteiger partial charge in [-0.1, -0.05) is 19.1 Å². The predicted octanol–water partition coefficient (Wildman–Crippen LogP) is 3.19. The van der Waals surface area contributed by atoms with Gasteiger partial charge in [-0.05, 0) is 74.7 Å². The van der Waals surface area contributed by atoms with Crippen molar-refractivity contribution < 1.29 is 4.79 Å². The van der Waals surface area contributed by atoms with Crippen LogP contribution in [0.3, 0.4) is 0 Å². The van der Waals surface area contributed by atoms with Crippen molar-refractivity contribution >= 4 is 22.6 Å². The van der Waals surface area contributed by atoms with E-state index in [1.165, 1.54) is 23.0 Å². The second-order valence-corrected chi connectivity index (χ2v) is 8.35. The van der Waals surface area contributed by atoms with Gasteiger partial charge in [-0.2, -0.15) is 0 Å². The maximum Gasteiger partial charge on any atom is 0.316 e. The number of aromatic amines is 1. The second kappa shape index (κ2) is 8.89. The predicted molar refractivity (Wildman–Crippen MR) is 123 cm³/mol. The minimum absolute atomic E-state index is 0.269. The first-order valence-electron chi connectivity index (χ1n) is 10.8. The number of H-pyrrole nitrogens is 1. The third kappa shape index (κ3) is 4.61. The van der Waals surface area contributed by atoms with E-state index in [0.717, 1.165) is 25.6 Å². The second-order valence-electron chi connectivity index (χ2n) is 8.35. The number of benzene rings is 2. The molecule has 1 aliphatic heterocycles. The smallest absolute Gasteiger partial charge is 0.316 e. The molecule has 1 aromatic heterocycles. The van der Waals surface area contributed by atoms with E-state index in [9.17, 15) is 14.4 Å². The number of anilines is 1. The van der Waals surface area contributed by atoms with E-state index in [0.29, 0.717) is 28.8 Å². The van der Waals surface area contributed by atoms with Crippen molar-refractivity contribution in [2.75, 3.05) is 18.4 Å². The lowest BCUT2D eigenvalue weighted by molar-refractivity contribution is 0.102. The van der Waals surface area contributed by atoms with Gasteiger partial charge in [0.2, 0.25) is 0 Å². The summed E-state index contributed by atoms with van der Waals surface area (Å²) in [6.07, 6.45) is 2.50. The number of carbonyl (C=O) groups excluding carboxylic acids is 1. The molecule has 0 spiro atoms. The third-order valence-corrected chi connectivity index (χ3v) is 6.05. The molecule has 162 valence electrons. The number of piperidine rings is 1. The number of aromatic nitrogens is 2. The van der Waals surface area contributed by atoms with Crippen LogP contribution < -0.4 is 16.4 Å². The van der Waals surface area contributed by atoms with Gasteiger partial charge in [0, 0.05) is 24.3 Å². The van der Waals surface area contributed by atoms with Gasteiger partial charge >= 0.3 is 11.1 Å². The van der Waals surface area contributed by atoms with Crippen LogP contribution in [0, 0.1) is 5.92 Å². The van der Waals surface area contributed by atoms with Crippen molar-refractivity contribution in [2.45, 2.75) is 39.8 Å². The Balaban J connectivity index is 1.46. The number of nitrogens with zero attached hydrogens (tertiary/aromatic N) is 2. The molecule has 0 radical (unpaired) electrons. The van der Waals surface area contributed by atoms with Crippen LogP contribution in [0.4, 0.5) is 5.69 Å². The van der Waals surface area contributed by atoms with Gasteiger partial charge in [0.05, 0.1) is 11.0 Å². The quantitative estimate of drug-likeness (QED) is 0.621. The minimum Gasteiger partial charge on any atom is -0.322 e. The topological polar surface area (TPSA) is 87.2 Å². The molecular formula is C24H28N4O3. The number of hydrogen-bond donors (Lipinski definition) is 2. The summed E-state index contributed by atoms with van der Waals surface area (Å²) in [5.74, 6) is 0.547. The van der Waals surface area contributed by atoms with Gasteiger partial charge in [-0.15, -0.1) is 0 Å². The van der Waals surface area contributed by atoms with E-state index >= 15 is 0 Å². The van der Waals surface area contributed by atoms with Crippen LogP contribution >= 0.6 is 0 Å². The Hall–Kier alpha value is -3.19. The van der Waals surface area contributed by atoms with Gasteiger partial charge in [-0.3, -0.25) is 19.3 Å². The lowest BCUT2D eigenvalue weighted by atomic mass is 9.99. The minimum atomic E-state index is -0.689. The highest BCUT2D eigenvalue weighted by molar-refractivity contribution is 6.05. The summed E-state index contributed by atoms with van der Waals surface area (Å²) in [4.78, 5) is 41.6. The number of aryl methyl sites for hydroxylation is 1. The molecule has 1 saturated heterocycles. The number of fused-ring (bicyclic) bond motifs is 1. The summed E-state index contributed by atoms with van der Waals surface area (Å²) in [5.41, 5.74) is 2.14. The number of rotatable bonds is 5. The van der Waals surface area contributed by atoms with E-state index in [2.05, 4.69) is 22.1 Å². The standard InChI is InChI=1S/C24H28N4O3/c1-3-28-21-9-6-18(14-20(21)26-23(30)24(28)31)22(29)25-19-7-4-17(5-8-19)15-27-12-10-16(2)11-13-27/h4-9,14,16H,3,10-13,15H2,1-2H3,(H,25,29)(H,26,30). The molecule has 0 bridgehead atoms. The molecule has 3 aromatic rings. The van der Waals surface area contributed by atoms with E-state index in [1.807, 2.05) is 24.3 Å². The fourth-order valence-corrected chi connectivity index (χ4v) is 4.11. The Morgan fingerprint density at radius 2 is 1.81 bits per heavy atom. The monoisotopic (exact) mass is 420 g/mol. The first-order valence-corrected chi connectivity index (χ1v) is 10.8. The summed E-state index contributed by atoms with van der Waals surface area (Å²) in [6.45, 7) is 7.69. The molecule has 2 aromatic carbocycles. The van der Waals surface area contributed by atoms with Crippen LogP contribution in [0.5, 0.6) is 0 Å². The van der Waals surface area contributed by atoms with E-state index in [4.69, 9.17) is 0 Å². The van der Waals surface area contributed by atoms with Crippen LogP contribution in [0.15, 0.2) is 52.1 Å². The lowest BCUT2D eigenvalue weighted by Crippen LogP contribution is -2.36. The molecule has 2 N–H and O–H groups in total. The lowest BCUT2D eigenvalue weighted by Gasteiger charge is -2.30. The fraction of sp³-hybridized carbons (Fsp3) is 0.375. The largest absolute Gasteiger partial charge is 0.322 e. The number of hydrogen-bond acceptors (Lipinski definition) is 4. The first-order chi connectivity index (χ1) is 14.9. The summed E-state index contributed by atoms with van der Waals surface area (Å²) < 4.78 is 1.40.